The summed E-state index contributed by atoms with van der Waals surface area (Å²) in [6.07, 6.45) is 0. The van der Waals surface area contributed by atoms with Gasteiger partial charge in [0, 0.05) is 33.4 Å². The molecule has 0 bridgehead atoms. The number of rotatable bonds is 10. The Morgan fingerprint density at radius 2 is 0.529 bits per heavy atom. The van der Waals surface area contributed by atoms with Gasteiger partial charge in [0.2, 0.25) is 0 Å². The molecule has 0 aliphatic carbocycles. The lowest BCUT2D eigenvalue weighted by Crippen LogP contribution is -2.09. The molecule has 12 rings (SSSR count). The summed E-state index contributed by atoms with van der Waals surface area (Å²) < 4.78 is 6.47. The van der Waals surface area contributed by atoms with E-state index in [9.17, 15) is 0 Å². The molecule has 0 saturated heterocycles. The van der Waals surface area contributed by atoms with Crippen molar-refractivity contribution in [1.29, 1.82) is 0 Å². The molecule has 0 aliphatic heterocycles. The predicted octanol–water partition coefficient (Wildman–Crippen LogP) is 18.7. The number of para-hydroxylation sites is 2. The van der Waals surface area contributed by atoms with Crippen LogP contribution in [-0.4, -0.2) is 0 Å². The number of hydrogen-bond acceptors (Lipinski definition) is 2. The molecule has 1 heterocycles. The summed E-state index contributed by atoms with van der Waals surface area (Å²) in [5.74, 6) is 0. The third-order valence-corrected chi connectivity index (χ3v) is 13.1. The minimum absolute atomic E-state index is 0.899. The molecule has 2 nitrogen and oxygen atoms in total. The van der Waals surface area contributed by atoms with Crippen LogP contribution < -0.4 is 4.90 Å². The molecule has 0 amide bonds. The molecule has 1 aromatic heterocycles. The van der Waals surface area contributed by atoms with Gasteiger partial charge in [-0.15, -0.1) is 0 Å². The Hall–Kier alpha value is -8.98. The summed E-state index contributed by atoms with van der Waals surface area (Å²) in [4.78, 5) is 2.35. The van der Waals surface area contributed by atoms with E-state index < -0.39 is 0 Å². The van der Waals surface area contributed by atoms with Gasteiger partial charge < -0.3 is 9.32 Å². The smallest absolute Gasteiger partial charge is 0.143 e. The monoisotopic (exact) mass is 867 g/mol. The van der Waals surface area contributed by atoms with Crippen molar-refractivity contribution in [3.63, 3.8) is 0 Å². The molecule has 0 aliphatic rings. The highest BCUT2D eigenvalue weighted by Crippen LogP contribution is 2.42. The third kappa shape index (κ3) is 7.95. The average molecular weight is 868 g/mol. The third-order valence-electron chi connectivity index (χ3n) is 13.1. The quantitative estimate of drug-likeness (QED) is 0.136. The summed E-state index contributed by atoms with van der Waals surface area (Å²) in [5.41, 5.74) is 21.4. The second kappa shape index (κ2) is 17.8. The van der Waals surface area contributed by atoms with Crippen LogP contribution in [0.1, 0.15) is 0 Å². The van der Waals surface area contributed by atoms with Crippen molar-refractivity contribution in [3.05, 3.63) is 273 Å². The molecular weight excluding hydrogens is 823 g/mol. The first kappa shape index (κ1) is 40.5. The van der Waals surface area contributed by atoms with Crippen LogP contribution in [-0.2, 0) is 0 Å². The van der Waals surface area contributed by atoms with Gasteiger partial charge in [-0.05, 0) is 151 Å². The van der Waals surface area contributed by atoms with Gasteiger partial charge in [0.1, 0.15) is 11.2 Å². The Morgan fingerprint density at radius 3 is 0.912 bits per heavy atom. The van der Waals surface area contributed by atoms with E-state index in [1.807, 2.05) is 12.1 Å². The first-order chi connectivity index (χ1) is 33.7. The molecule has 0 N–H and O–H groups in total. The van der Waals surface area contributed by atoms with Gasteiger partial charge in [0.25, 0.3) is 0 Å². The van der Waals surface area contributed by atoms with Crippen molar-refractivity contribution < 1.29 is 4.42 Å². The first-order valence-electron chi connectivity index (χ1n) is 23.2. The van der Waals surface area contributed by atoms with Crippen LogP contribution in [0.25, 0.3) is 99.8 Å². The molecule has 12 aromatic rings. The number of furan rings is 1. The average Bonchev–Trinajstić information content (AvgIpc) is 3.81. The van der Waals surface area contributed by atoms with Crippen LogP contribution >= 0.6 is 0 Å². The highest BCUT2D eigenvalue weighted by atomic mass is 16.3. The molecule has 2 heteroatoms. The maximum atomic E-state index is 6.47. The lowest BCUT2D eigenvalue weighted by molar-refractivity contribution is 0.670. The Labute approximate surface area is 397 Å². The van der Waals surface area contributed by atoms with Gasteiger partial charge in [-0.3, -0.25) is 0 Å². The van der Waals surface area contributed by atoms with E-state index in [0.717, 1.165) is 61.3 Å². The minimum atomic E-state index is 0.899. The number of hydrogen-bond donors (Lipinski definition) is 0. The summed E-state index contributed by atoms with van der Waals surface area (Å²) in [6, 6.07) is 98.1. The lowest BCUT2D eigenvalue weighted by atomic mass is 9.93. The summed E-state index contributed by atoms with van der Waals surface area (Å²) in [7, 11) is 0. The maximum absolute atomic E-state index is 6.47. The molecule has 0 atom stereocenters. The molecule has 320 valence electrons. The minimum Gasteiger partial charge on any atom is -0.455 e. The second-order valence-electron chi connectivity index (χ2n) is 17.3. The van der Waals surface area contributed by atoms with Gasteiger partial charge >= 0.3 is 0 Å². The van der Waals surface area contributed by atoms with E-state index in [4.69, 9.17) is 4.42 Å². The molecule has 0 fully saturated rings. The summed E-state index contributed by atoms with van der Waals surface area (Å²) in [5, 5.41) is 2.25. The predicted molar refractivity (Wildman–Crippen MR) is 286 cm³/mol. The zero-order chi connectivity index (χ0) is 45.2. The largest absolute Gasteiger partial charge is 0.455 e. The van der Waals surface area contributed by atoms with E-state index >= 15 is 0 Å². The van der Waals surface area contributed by atoms with E-state index in [-0.39, 0.29) is 0 Å². The Morgan fingerprint density at radius 1 is 0.221 bits per heavy atom. The summed E-state index contributed by atoms with van der Waals surface area (Å²) in [6.45, 7) is 0. The summed E-state index contributed by atoms with van der Waals surface area (Å²) >= 11 is 0. The fourth-order valence-corrected chi connectivity index (χ4v) is 9.60. The molecule has 0 spiro atoms. The fourth-order valence-electron chi connectivity index (χ4n) is 9.60. The lowest BCUT2D eigenvalue weighted by Gasteiger charge is -2.26. The van der Waals surface area contributed by atoms with Crippen LogP contribution in [0.15, 0.2) is 277 Å². The standard InChI is InChI=1S/C66H45NO/c1-5-16-46(17-6-1)53-40-54(47-18-7-2-8-19-47)43-57(42-53)50-28-34-59(35-29-50)67(61-38-32-52(33-39-61)62-25-15-26-64-63-24-13-14-27-65(63)68-66(62)64)60-36-30-51(31-37-60)58-44-55(48-20-9-3-10-21-48)41-56(45-58)49-22-11-4-12-23-49/h1-45H. The molecule has 11 aromatic carbocycles. The van der Waals surface area contributed by atoms with Gasteiger partial charge in [0.15, 0.2) is 0 Å². The number of nitrogens with zero attached hydrogens (tertiary/aromatic N) is 1. The number of anilines is 3. The van der Waals surface area contributed by atoms with Gasteiger partial charge in [-0.2, -0.15) is 0 Å². The Bertz CT molecular complexity index is 3390. The van der Waals surface area contributed by atoms with Crippen molar-refractivity contribution in [1.82, 2.24) is 0 Å². The topological polar surface area (TPSA) is 16.4 Å². The van der Waals surface area contributed by atoms with Crippen LogP contribution in [0.5, 0.6) is 0 Å². The molecule has 68 heavy (non-hydrogen) atoms. The Balaban J connectivity index is 0.948. The van der Waals surface area contributed by atoms with Gasteiger partial charge in [-0.1, -0.05) is 194 Å². The fraction of sp³-hybridized carbons (Fsp3) is 0. The maximum Gasteiger partial charge on any atom is 0.143 e. The first-order valence-corrected chi connectivity index (χ1v) is 23.2. The number of benzene rings is 11. The highest BCUT2D eigenvalue weighted by Gasteiger charge is 2.17. The highest BCUT2D eigenvalue weighted by molar-refractivity contribution is 6.09. The molecular formula is C66H45NO. The molecule has 0 radical (unpaired) electrons. The van der Waals surface area contributed by atoms with E-state index in [1.54, 1.807) is 0 Å². The van der Waals surface area contributed by atoms with Crippen LogP contribution in [0, 0.1) is 0 Å². The SMILES string of the molecule is c1ccc(-c2cc(-c3ccccc3)cc(-c3ccc(N(c4ccc(-c5cc(-c6ccccc6)cc(-c6ccccc6)c5)cc4)c4ccc(-c5cccc6c5oc5ccccc56)cc4)cc3)c2)cc1. The van der Waals surface area contributed by atoms with Crippen molar-refractivity contribution in [2.45, 2.75) is 0 Å². The Kier molecular flexibility index (Phi) is 10.6. The zero-order valence-electron chi connectivity index (χ0n) is 37.3. The number of fused-ring (bicyclic) bond motifs is 3. The van der Waals surface area contributed by atoms with Crippen LogP contribution in [0.4, 0.5) is 17.1 Å². The van der Waals surface area contributed by atoms with Crippen LogP contribution in [0.3, 0.4) is 0 Å². The van der Waals surface area contributed by atoms with Crippen LogP contribution in [0.2, 0.25) is 0 Å². The van der Waals surface area contributed by atoms with E-state index in [0.29, 0.717) is 0 Å². The van der Waals surface area contributed by atoms with Crippen molar-refractivity contribution in [3.8, 4) is 77.9 Å². The molecule has 0 saturated carbocycles. The molecule has 0 unspecified atom stereocenters. The zero-order valence-corrected chi connectivity index (χ0v) is 37.3. The van der Waals surface area contributed by atoms with E-state index in [2.05, 4.69) is 266 Å². The normalized spacial score (nSPS) is 11.2. The van der Waals surface area contributed by atoms with Crippen molar-refractivity contribution in [2.75, 3.05) is 4.90 Å². The second-order valence-corrected chi connectivity index (χ2v) is 17.3. The van der Waals surface area contributed by atoms with E-state index in [1.165, 1.54) is 55.6 Å². The van der Waals surface area contributed by atoms with Gasteiger partial charge in [0.05, 0.1) is 0 Å². The van der Waals surface area contributed by atoms with Crippen molar-refractivity contribution >= 4 is 39.0 Å². The van der Waals surface area contributed by atoms with Gasteiger partial charge in [-0.25, -0.2) is 0 Å². The van der Waals surface area contributed by atoms with Crippen molar-refractivity contribution in [2.24, 2.45) is 0 Å².